The van der Waals surface area contributed by atoms with Crippen LogP contribution in [0.3, 0.4) is 0 Å². The van der Waals surface area contributed by atoms with Crippen molar-refractivity contribution in [1.82, 2.24) is 0 Å². The molecule has 0 aromatic carbocycles. The molecular weight excluding hydrogens is 224 g/mol. The SMILES string of the molecule is COC1OC(CO)=C/C(=C\c2ccco2)C1=O. The van der Waals surface area contributed by atoms with E-state index in [1.54, 1.807) is 18.2 Å². The summed E-state index contributed by atoms with van der Waals surface area (Å²) in [4.78, 5) is 11.9. The second-order valence-electron chi connectivity index (χ2n) is 3.43. The molecule has 5 nitrogen and oxygen atoms in total. The summed E-state index contributed by atoms with van der Waals surface area (Å²) in [5.74, 6) is 0.536. The van der Waals surface area contributed by atoms with Crippen molar-refractivity contribution < 1.29 is 23.8 Å². The Morgan fingerprint density at radius 3 is 3.00 bits per heavy atom. The summed E-state index contributed by atoms with van der Waals surface area (Å²) in [5.41, 5.74) is 0.377. The van der Waals surface area contributed by atoms with Crippen LogP contribution in [0, 0.1) is 0 Å². The molecule has 0 amide bonds. The average Bonchev–Trinajstić information content (AvgIpc) is 2.84. The number of allylic oxidation sites excluding steroid dienone is 1. The van der Waals surface area contributed by atoms with E-state index in [2.05, 4.69) is 0 Å². The van der Waals surface area contributed by atoms with Gasteiger partial charge in [0.25, 0.3) is 6.29 Å². The third-order valence-electron chi connectivity index (χ3n) is 2.28. The van der Waals surface area contributed by atoms with E-state index in [4.69, 9.17) is 19.0 Å². The molecular formula is C12H12O5. The molecule has 0 saturated heterocycles. The van der Waals surface area contributed by atoms with Gasteiger partial charge >= 0.3 is 0 Å². The predicted molar refractivity (Wildman–Crippen MR) is 58.7 cm³/mol. The van der Waals surface area contributed by atoms with Gasteiger partial charge in [-0.15, -0.1) is 0 Å². The van der Waals surface area contributed by atoms with Gasteiger partial charge in [-0.2, -0.15) is 0 Å². The number of furan rings is 1. The van der Waals surface area contributed by atoms with E-state index in [9.17, 15) is 4.79 Å². The van der Waals surface area contributed by atoms with Gasteiger partial charge in [-0.05, 0) is 24.3 Å². The number of ether oxygens (including phenoxy) is 2. The fraction of sp³-hybridized carbons (Fsp3) is 0.250. The Morgan fingerprint density at radius 2 is 2.41 bits per heavy atom. The topological polar surface area (TPSA) is 68.9 Å². The molecule has 0 bridgehead atoms. The second-order valence-corrected chi connectivity index (χ2v) is 3.43. The van der Waals surface area contributed by atoms with Crippen molar-refractivity contribution in [3.8, 4) is 0 Å². The minimum Gasteiger partial charge on any atom is -0.465 e. The number of carbonyl (C=O) groups excluding carboxylic acids is 1. The number of hydrogen-bond acceptors (Lipinski definition) is 5. The number of rotatable bonds is 3. The van der Waals surface area contributed by atoms with Crippen molar-refractivity contribution in [2.24, 2.45) is 0 Å². The molecule has 1 aromatic rings. The third kappa shape index (κ3) is 2.46. The number of Topliss-reactive ketones (excluding diaryl/α,β-unsaturated/α-hetero) is 1. The molecule has 1 aromatic heterocycles. The maximum Gasteiger partial charge on any atom is 0.263 e. The lowest BCUT2D eigenvalue weighted by Gasteiger charge is -2.22. The van der Waals surface area contributed by atoms with E-state index >= 15 is 0 Å². The monoisotopic (exact) mass is 236 g/mol. The van der Waals surface area contributed by atoms with Gasteiger partial charge in [0.1, 0.15) is 18.1 Å². The van der Waals surface area contributed by atoms with Gasteiger partial charge < -0.3 is 19.0 Å². The average molecular weight is 236 g/mol. The van der Waals surface area contributed by atoms with Gasteiger partial charge in [0.15, 0.2) is 0 Å². The molecule has 0 fully saturated rings. The molecule has 0 radical (unpaired) electrons. The van der Waals surface area contributed by atoms with Gasteiger partial charge in [0.2, 0.25) is 5.78 Å². The first-order valence-corrected chi connectivity index (χ1v) is 5.05. The molecule has 0 saturated carbocycles. The molecule has 0 spiro atoms. The standard InChI is InChI=1S/C12H12O5/c1-15-12-11(14)8(6-10(7-13)17-12)5-9-3-2-4-16-9/h2-6,12-13H,7H2,1H3/b8-5+. The van der Waals surface area contributed by atoms with Crippen molar-refractivity contribution in [3.63, 3.8) is 0 Å². The van der Waals surface area contributed by atoms with E-state index in [-0.39, 0.29) is 18.1 Å². The van der Waals surface area contributed by atoms with Crippen molar-refractivity contribution in [1.29, 1.82) is 0 Å². The normalized spacial score (nSPS) is 22.5. The number of methoxy groups -OCH3 is 1. The lowest BCUT2D eigenvalue weighted by Crippen LogP contribution is -2.31. The highest BCUT2D eigenvalue weighted by atomic mass is 16.7. The van der Waals surface area contributed by atoms with Crippen LogP contribution in [-0.4, -0.2) is 30.9 Å². The first-order valence-electron chi connectivity index (χ1n) is 5.05. The lowest BCUT2D eigenvalue weighted by molar-refractivity contribution is -0.153. The Hall–Kier alpha value is -1.85. The minimum atomic E-state index is -1.01. The van der Waals surface area contributed by atoms with E-state index in [0.29, 0.717) is 11.3 Å². The van der Waals surface area contributed by atoms with Crippen LogP contribution in [0.15, 0.2) is 40.2 Å². The molecule has 1 unspecified atom stereocenters. The first-order chi connectivity index (χ1) is 8.24. The number of aliphatic hydroxyl groups excluding tert-OH is 1. The molecule has 1 aliphatic rings. The summed E-state index contributed by atoms with van der Waals surface area (Å²) >= 11 is 0. The van der Waals surface area contributed by atoms with Crippen molar-refractivity contribution in [3.05, 3.63) is 41.6 Å². The van der Waals surface area contributed by atoms with Crippen LogP contribution >= 0.6 is 0 Å². The Labute approximate surface area is 97.9 Å². The highest BCUT2D eigenvalue weighted by Gasteiger charge is 2.28. The third-order valence-corrected chi connectivity index (χ3v) is 2.28. The summed E-state index contributed by atoms with van der Waals surface area (Å²) in [6.45, 7) is -0.289. The molecule has 1 aliphatic heterocycles. The van der Waals surface area contributed by atoms with Crippen LogP contribution in [0.5, 0.6) is 0 Å². The van der Waals surface area contributed by atoms with Gasteiger partial charge in [-0.25, -0.2) is 0 Å². The maximum absolute atomic E-state index is 11.9. The molecule has 17 heavy (non-hydrogen) atoms. The van der Waals surface area contributed by atoms with Crippen molar-refractivity contribution in [2.75, 3.05) is 13.7 Å². The Kier molecular flexibility index (Phi) is 3.41. The van der Waals surface area contributed by atoms with E-state index < -0.39 is 6.29 Å². The highest BCUT2D eigenvalue weighted by molar-refractivity contribution is 6.05. The summed E-state index contributed by atoms with van der Waals surface area (Å²) < 4.78 is 15.1. The van der Waals surface area contributed by atoms with Crippen molar-refractivity contribution >= 4 is 11.9 Å². The summed E-state index contributed by atoms with van der Waals surface area (Å²) in [6.07, 6.45) is 3.55. The quantitative estimate of drug-likeness (QED) is 0.796. The van der Waals surface area contributed by atoms with Gasteiger partial charge in [-0.3, -0.25) is 4.79 Å². The first kappa shape index (κ1) is 11.6. The van der Waals surface area contributed by atoms with Crippen molar-refractivity contribution in [2.45, 2.75) is 6.29 Å². The lowest BCUT2D eigenvalue weighted by atomic mass is 10.1. The molecule has 2 heterocycles. The predicted octanol–water partition coefficient (Wildman–Crippen LogP) is 1.11. The highest BCUT2D eigenvalue weighted by Crippen LogP contribution is 2.21. The van der Waals surface area contributed by atoms with Gasteiger partial charge in [-0.1, -0.05) is 0 Å². The van der Waals surface area contributed by atoms with Crippen LogP contribution in [0.25, 0.3) is 6.08 Å². The summed E-state index contributed by atoms with van der Waals surface area (Å²) in [5, 5.41) is 9.02. The Morgan fingerprint density at radius 1 is 1.59 bits per heavy atom. The minimum absolute atomic E-state index is 0.286. The second kappa shape index (κ2) is 4.99. The number of hydrogen-bond donors (Lipinski definition) is 1. The van der Waals surface area contributed by atoms with E-state index in [1.807, 2.05) is 0 Å². The van der Waals surface area contributed by atoms with E-state index in [1.165, 1.54) is 19.4 Å². The smallest absolute Gasteiger partial charge is 0.263 e. The fourth-order valence-corrected chi connectivity index (χ4v) is 1.48. The maximum atomic E-state index is 11.9. The van der Waals surface area contributed by atoms with Crippen LogP contribution in [-0.2, 0) is 14.3 Å². The van der Waals surface area contributed by atoms with Crippen LogP contribution < -0.4 is 0 Å². The fourth-order valence-electron chi connectivity index (χ4n) is 1.48. The van der Waals surface area contributed by atoms with Crippen LogP contribution in [0.1, 0.15) is 5.76 Å². The van der Waals surface area contributed by atoms with Gasteiger partial charge in [0, 0.05) is 12.7 Å². The number of ketones is 1. The number of carbonyl (C=O) groups is 1. The largest absolute Gasteiger partial charge is 0.465 e. The molecule has 2 rings (SSSR count). The Balaban J connectivity index is 2.34. The molecule has 0 aliphatic carbocycles. The van der Waals surface area contributed by atoms with Crippen LogP contribution in [0.4, 0.5) is 0 Å². The Bertz CT molecular complexity index is 455. The molecule has 1 N–H and O–H groups in total. The molecule has 1 atom stereocenters. The zero-order valence-corrected chi connectivity index (χ0v) is 9.25. The number of aliphatic hydroxyl groups is 1. The van der Waals surface area contributed by atoms with Gasteiger partial charge in [0.05, 0.1) is 6.26 Å². The van der Waals surface area contributed by atoms with E-state index in [0.717, 1.165) is 0 Å². The van der Waals surface area contributed by atoms with Crippen LogP contribution in [0.2, 0.25) is 0 Å². The zero-order valence-electron chi connectivity index (χ0n) is 9.25. The molecule has 90 valence electrons. The zero-order chi connectivity index (χ0) is 12.3. The summed E-state index contributed by atoms with van der Waals surface area (Å²) in [7, 11) is 1.37. The summed E-state index contributed by atoms with van der Waals surface area (Å²) in [6, 6.07) is 3.45. The molecule has 5 heteroatoms.